The number of hydrogen-bond donors (Lipinski definition) is 2. The second-order valence-electron chi connectivity index (χ2n) is 5.35. The molecule has 1 aromatic rings. The van der Waals surface area contributed by atoms with E-state index >= 15 is 0 Å². The molecule has 7 heteroatoms. The Morgan fingerprint density at radius 2 is 2.10 bits per heavy atom. The number of hydrogen-bond acceptors (Lipinski definition) is 4. The summed E-state index contributed by atoms with van der Waals surface area (Å²) in [4.78, 5) is 13.0. The number of carbonyl (C=O) groups is 1. The minimum absolute atomic E-state index is 0.222. The molecule has 0 amide bonds. The molecule has 6 nitrogen and oxygen atoms in total. The molecule has 0 spiro atoms. The van der Waals surface area contributed by atoms with Crippen molar-refractivity contribution in [1.82, 2.24) is 9.62 Å². The van der Waals surface area contributed by atoms with Gasteiger partial charge in [-0.2, -0.15) is 0 Å². The number of rotatable bonds is 6. The molecule has 1 saturated heterocycles. The molecule has 1 aliphatic rings. The second kappa shape index (κ2) is 6.55. The van der Waals surface area contributed by atoms with Gasteiger partial charge in [0.2, 0.25) is 10.0 Å². The molecule has 1 aromatic carbocycles. The number of likely N-dealkylation sites (tertiary alicyclic amines) is 1. The van der Waals surface area contributed by atoms with Crippen LogP contribution >= 0.6 is 0 Å². The summed E-state index contributed by atoms with van der Waals surface area (Å²) in [6.07, 6.45) is 0.693. The van der Waals surface area contributed by atoms with Crippen molar-refractivity contribution in [1.29, 1.82) is 0 Å². The maximum Gasteiger partial charge on any atom is 0.323 e. The molecule has 0 aromatic heterocycles. The van der Waals surface area contributed by atoms with Gasteiger partial charge in [-0.3, -0.25) is 9.69 Å². The number of carboxylic acids is 1. The predicted octanol–water partition coefficient (Wildman–Crippen LogP) is 0.653. The third-order valence-corrected chi connectivity index (χ3v) is 5.46. The van der Waals surface area contributed by atoms with Crippen LogP contribution in [0.1, 0.15) is 18.9 Å². The third kappa shape index (κ3) is 4.26. The normalized spacial score (nSPS) is 21.3. The van der Waals surface area contributed by atoms with Gasteiger partial charge in [-0.25, -0.2) is 13.1 Å². The molecule has 0 aliphatic carbocycles. The SMILES string of the molecule is CC(C(=O)O)S(=O)(=O)NC1CCN(Cc2ccccc2)C1. The Balaban J connectivity index is 1.90. The largest absolute Gasteiger partial charge is 0.480 e. The first kappa shape index (κ1) is 15.9. The van der Waals surface area contributed by atoms with E-state index in [-0.39, 0.29) is 6.04 Å². The van der Waals surface area contributed by atoms with Crippen molar-refractivity contribution in [2.24, 2.45) is 0 Å². The third-order valence-electron chi connectivity index (χ3n) is 3.67. The van der Waals surface area contributed by atoms with Gasteiger partial charge in [0.15, 0.2) is 5.25 Å². The van der Waals surface area contributed by atoms with Crippen molar-refractivity contribution in [2.75, 3.05) is 13.1 Å². The zero-order chi connectivity index (χ0) is 15.5. The summed E-state index contributed by atoms with van der Waals surface area (Å²) in [5.41, 5.74) is 1.18. The summed E-state index contributed by atoms with van der Waals surface area (Å²) >= 11 is 0. The number of carboxylic acid groups (broad SMARTS) is 1. The number of aliphatic carboxylic acids is 1. The van der Waals surface area contributed by atoms with Crippen molar-refractivity contribution in [3.8, 4) is 0 Å². The molecule has 2 unspecified atom stereocenters. The molecule has 0 saturated carbocycles. The van der Waals surface area contributed by atoms with E-state index in [1.54, 1.807) is 0 Å². The Morgan fingerprint density at radius 3 is 2.71 bits per heavy atom. The highest BCUT2D eigenvalue weighted by Crippen LogP contribution is 2.15. The van der Waals surface area contributed by atoms with Gasteiger partial charge in [0.05, 0.1) is 0 Å². The summed E-state index contributed by atoms with van der Waals surface area (Å²) in [5.74, 6) is -1.33. The highest BCUT2D eigenvalue weighted by atomic mass is 32.2. The van der Waals surface area contributed by atoms with Crippen molar-refractivity contribution in [3.05, 3.63) is 35.9 Å². The lowest BCUT2D eigenvalue weighted by molar-refractivity contribution is -0.136. The number of nitrogens with one attached hydrogen (secondary N) is 1. The van der Waals surface area contributed by atoms with Gasteiger partial charge >= 0.3 is 5.97 Å². The first-order chi connectivity index (χ1) is 9.88. The van der Waals surface area contributed by atoms with Gasteiger partial charge in [0.25, 0.3) is 0 Å². The van der Waals surface area contributed by atoms with Crippen LogP contribution in [0.5, 0.6) is 0 Å². The Hall–Kier alpha value is -1.44. The van der Waals surface area contributed by atoms with Crippen LogP contribution in [-0.2, 0) is 21.4 Å². The van der Waals surface area contributed by atoms with Crippen LogP contribution in [0.15, 0.2) is 30.3 Å². The first-order valence-electron chi connectivity index (χ1n) is 6.89. The molecule has 1 fully saturated rings. The van der Waals surface area contributed by atoms with Gasteiger partial charge in [-0.1, -0.05) is 30.3 Å². The van der Waals surface area contributed by atoms with E-state index in [0.29, 0.717) is 13.0 Å². The Bertz CT molecular complexity index is 588. The zero-order valence-electron chi connectivity index (χ0n) is 11.9. The quantitative estimate of drug-likeness (QED) is 0.805. The van der Waals surface area contributed by atoms with Gasteiger partial charge in [-0.05, 0) is 18.9 Å². The molecule has 2 N–H and O–H groups in total. The fourth-order valence-corrected chi connectivity index (χ4v) is 3.51. The summed E-state index contributed by atoms with van der Waals surface area (Å²) in [6.45, 7) is 3.35. The standard InChI is InChI=1S/C14H20N2O4S/c1-11(14(17)18)21(19,20)15-13-7-8-16(10-13)9-12-5-3-2-4-6-12/h2-6,11,13,15H,7-10H2,1H3,(H,17,18). The smallest absolute Gasteiger partial charge is 0.323 e. The van der Waals surface area contributed by atoms with Gasteiger partial charge in [-0.15, -0.1) is 0 Å². The zero-order valence-corrected chi connectivity index (χ0v) is 12.7. The second-order valence-corrected chi connectivity index (χ2v) is 7.38. The van der Waals surface area contributed by atoms with Crippen LogP contribution in [0.4, 0.5) is 0 Å². The van der Waals surface area contributed by atoms with Gasteiger partial charge in [0, 0.05) is 25.7 Å². The fourth-order valence-electron chi connectivity index (χ4n) is 2.38. The number of benzene rings is 1. The van der Waals surface area contributed by atoms with Gasteiger partial charge < -0.3 is 5.11 Å². The lowest BCUT2D eigenvalue weighted by Crippen LogP contribution is -2.44. The first-order valence-corrected chi connectivity index (χ1v) is 8.43. The number of sulfonamides is 1. The van der Waals surface area contributed by atoms with Crippen LogP contribution < -0.4 is 4.72 Å². The average molecular weight is 312 g/mol. The molecule has 1 heterocycles. The average Bonchev–Trinajstić information content (AvgIpc) is 2.85. The summed E-state index contributed by atoms with van der Waals surface area (Å²) < 4.78 is 26.3. The molecular formula is C14H20N2O4S. The Labute approximate surface area is 124 Å². The lowest BCUT2D eigenvalue weighted by atomic mass is 10.2. The lowest BCUT2D eigenvalue weighted by Gasteiger charge is -2.18. The molecule has 0 radical (unpaired) electrons. The highest BCUT2D eigenvalue weighted by Gasteiger charge is 2.32. The van der Waals surface area contributed by atoms with Crippen LogP contribution in [0.25, 0.3) is 0 Å². The van der Waals surface area contributed by atoms with E-state index in [4.69, 9.17) is 5.11 Å². The minimum Gasteiger partial charge on any atom is -0.480 e. The van der Waals surface area contributed by atoms with Crippen molar-refractivity contribution in [2.45, 2.75) is 31.2 Å². The van der Waals surface area contributed by atoms with E-state index in [2.05, 4.69) is 9.62 Å². The van der Waals surface area contributed by atoms with Crippen molar-refractivity contribution in [3.63, 3.8) is 0 Å². The highest BCUT2D eigenvalue weighted by molar-refractivity contribution is 7.90. The molecule has 116 valence electrons. The monoisotopic (exact) mass is 312 g/mol. The predicted molar refractivity (Wildman–Crippen MR) is 79.3 cm³/mol. The molecule has 0 bridgehead atoms. The maximum absolute atomic E-state index is 11.9. The molecule has 1 aliphatic heterocycles. The van der Waals surface area contributed by atoms with Crippen LogP contribution in [0.3, 0.4) is 0 Å². The topological polar surface area (TPSA) is 86.7 Å². The summed E-state index contributed by atoms with van der Waals surface area (Å²) in [6, 6.07) is 9.74. The van der Waals surface area contributed by atoms with Crippen molar-refractivity contribution >= 4 is 16.0 Å². The Kier molecular flexibility index (Phi) is 4.97. The maximum atomic E-state index is 11.9. The van der Waals surface area contributed by atoms with E-state index in [1.165, 1.54) is 12.5 Å². The van der Waals surface area contributed by atoms with E-state index < -0.39 is 21.2 Å². The molecular weight excluding hydrogens is 292 g/mol. The summed E-state index contributed by atoms with van der Waals surface area (Å²) in [7, 11) is -3.82. The van der Waals surface area contributed by atoms with E-state index in [0.717, 1.165) is 13.1 Å². The molecule has 2 rings (SSSR count). The summed E-state index contributed by atoms with van der Waals surface area (Å²) in [5, 5.41) is 7.38. The van der Waals surface area contributed by atoms with E-state index in [9.17, 15) is 13.2 Å². The molecule has 2 atom stereocenters. The van der Waals surface area contributed by atoms with Crippen molar-refractivity contribution < 1.29 is 18.3 Å². The Morgan fingerprint density at radius 1 is 1.43 bits per heavy atom. The van der Waals surface area contributed by atoms with Gasteiger partial charge in [0.1, 0.15) is 0 Å². The van der Waals surface area contributed by atoms with Crippen LogP contribution in [0, 0.1) is 0 Å². The van der Waals surface area contributed by atoms with Crippen LogP contribution in [-0.4, -0.2) is 48.8 Å². The minimum atomic E-state index is -3.82. The van der Waals surface area contributed by atoms with E-state index in [1.807, 2.05) is 30.3 Å². The van der Waals surface area contributed by atoms with Crippen LogP contribution in [0.2, 0.25) is 0 Å². The number of nitrogens with zero attached hydrogens (tertiary/aromatic N) is 1. The molecule has 21 heavy (non-hydrogen) atoms. The fraction of sp³-hybridized carbons (Fsp3) is 0.500.